The number of carbonyl (C=O) groups excluding carboxylic acids is 1. The van der Waals surface area contributed by atoms with Crippen molar-refractivity contribution in [2.24, 2.45) is 5.92 Å². The number of hydrogen-bond acceptors (Lipinski definition) is 5. The van der Waals surface area contributed by atoms with E-state index in [-0.39, 0.29) is 11.8 Å². The predicted molar refractivity (Wildman–Crippen MR) is 129 cm³/mol. The van der Waals surface area contributed by atoms with E-state index in [1.165, 1.54) is 11.1 Å². The smallest absolute Gasteiger partial charge is 0.241 e. The average Bonchev–Trinajstić information content (AvgIpc) is 3.28. The van der Waals surface area contributed by atoms with Crippen LogP contribution in [0.15, 0.2) is 51.5 Å². The molecule has 0 radical (unpaired) electrons. The zero-order valence-corrected chi connectivity index (χ0v) is 20.2. The Bertz CT molecular complexity index is 1030. The maximum absolute atomic E-state index is 13.0. The monoisotopic (exact) mass is 496 g/mol. The first-order valence-corrected chi connectivity index (χ1v) is 12.1. The standard InChI is InChI=1S/C25H29BrN4O2/c1-3-17-6-5-7-18(4-2)23(17)28-25(31)20-12-14-30(15-13-20)16-22-27-24(29-32-22)19-8-10-21(26)11-9-19/h5-11,20H,3-4,12-16H2,1-2H3,(H,28,31). The zero-order valence-electron chi connectivity index (χ0n) is 18.6. The number of anilines is 1. The number of hydrogen-bond donors (Lipinski definition) is 1. The van der Waals surface area contributed by atoms with Crippen molar-refractivity contribution in [1.29, 1.82) is 0 Å². The summed E-state index contributed by atoms with van der Waals surface area (Å²) in [5, 5.41) is 7.35. The van der Waals surface area contributed by atoms with E-state index in [2.05, 4.69) is 68.3 Å². The van der Waals surface area contributed by atoms with E-state index in [1.54, 1.807) is 0 Å². The van der Waals surface area contributed by atoms with Gasteiger partial charge in [0.2, 0.25) is 17.6 Å². The molecule has 0 unspecified atom stereocenters. The predicted octanol–water partition coefficient (Wildman–Crippen LogP) is 5.47. The van der Waals surface area contributed by atoms with Crippen molar-refractivity contribution in [2.75, 3.05) is 18.4 Å². The van der Waals surface area contributed by atoms with Gasteiger partial charge in [0, 0.05) is 21.6 Å². The Kier molecular flexibility index (Phi) is 7.37. The van der Waals surface area contributed by atoms with Crippen LogP contribution in [-0.4, -0.2) is 34.0 Å². The molecule has 1 aliphatic heterocycles. The van der Waals surface area contributed by atoms with Gasteiger partial charge < -0.3 is 9.84 Å². The van der Waals surface area contributed by atoms with Crippen LogP contribution in [0.3, 0.4) is 0 Å². The molecule has 0 bridgehead atoms. The van der Waals surface area contributed by atoms with Crippen molar-refractivity contribution >= 4 is 27.5 Å². The van der Waals surface area contributed by atoms with Crippen LogP contribution in [0.1, 0.15) is 43.7 Å². The van der Waals surface area contributed by atoms with Crippen LogP contribution in [0.25, 0.3) is 11.4 Å². The van der Waals surface area contributed by atoms with Gasteiger partial charge in [0.05, 0.1) is 6.54 Å². The van der Waals surface area contributed by atoms with Crippen molar-refractivity contribution in [3.05, 3.63) is 64.0 Å². The molecular weight excluding hydrogens is 468 g/mol. The van der Waals surface area contributed by atoms with E-state index in [1.807, 2.05) is 24.3 Å². The molecule has 1 fully saturated rings. The van der Waals surface area contributed by atoms with Crippen LogP contribution in [0.4, 0.5) is 5.69 Å². The lowest BCUT2D eigenvalue weighted by atomic mass is 9.95. The number of benzene rings is 2. The fourth-order valence-corrected chi connectivity index (χ4v) is 4.47. The fourth-order valence-electron chi connectivity index (χ4n) is 4.21. The van der Waals surface area contributed by atoms with Gasteiger partial charge in [0.15, 0.2) is 0 Å². The first-order chi connectivity index (χ1) is 15.6. The van der Waals surface area contributed by atoms with Gasteiger partial charge >= 0.3 is 0 Å². The Morgan fingerprint density at radius 3 is 2.38 bits per heavy atom. The SMILES string of the molecule is CCc1cccc(CC)c1NC(=O)C1CCN(Cc2nc(-c3ccc(Br)cc3)no2)CC1. The number of carbonyl (C=O) groups is 1. The molecule has 1 saturated heterocycles. The average molecular weight is 497 g/mol. The Balaban J connectivity index is 1.32. The van der Waals surface area contributed by atoms with E-state index in [0.717, 1.165) is 54.5 Å². The van der Waals surface area contributed by atoms with Gasteiger partial charge in [-0.1, -0.05) is 53.1 Å². The van der Waals surface area contributed by atoms with Gasteiger partial charge in [0.25, 0.3) is 0 Å². The van der Waals surface area contributed by atoms with Gasteiger partial charge in [-0.05, 0) is 74.2 Å². The Morgan fingerprint density at radius 1 is 1.09 bits per heavy atom. The van der Waals surface area contributed by atoms with Crippen molar-refractivity contribution in [3.63, 3.8) is 0 Å². The number of piperidine rings is 1. The van der Waals surface area contributed by atoms with Crippen LogP contribution in [0.5, 0.6) is 0 Å². The van der Waals surface area contributed by atoms with Gasteiger partial charge in [-0.25, -0.2) is 0 Å². The highest BCUT2D eigenvalue weighted by Gasteiger charge is 2.27. The van der Waals surface area contributed by atoms with Crippen LogP contribution >= 0.6 is 15.9 Å². The Morgan fingerprint density at radius 2 is 1.75 bits per heavy atom. The van der Waals surface area contributed by atoms with Gasteiger partial charge in [0.1, 0.15) is 0 Å². The number of aryl methyl sites for hydroxylation is 2. The molecule has 2 aromatic carbocycles. The maximum Gasteiger partial charge on any atom is 0.241 e. The number of amides is 1. The second kappa shape index (κ2) is 10.4. The summed E-state index contributed by atoms with van der Waals surface area (Å²) >= 11 is 3.44. The quantitative estimate of drug-likeness (QED) is 0.469. The molecule has 4 rings (SSSR count). The lowest BCUT2D eigenvalue weighted by Crippen LogP contribution is -2.38. The highest BCUT2D eigenvalue weighted by Crippen LogP contribution is 2.26. The molecule has 1 aromatic heterocycles. The first kappa shape index (κ1) is 22.7. The summed E-state index contributed by atoms with van der Waals surface area (Å²) < 4.78 is 6.48. The molecule has 168 valence electrons. The lowest BCUT2D eigenvalue weighted by Gasteiger charge is -2.30. The molecule has 1 amide bonds. The second-order valence-electron chi connectivity index (χ2n) is 8.22. The molecule has 7 heteroatoms. The number of para-hydroxylation sites is 1. The largest absolute Gasteiger partial charge is 0.338 e. The topological polar surface area (TPSA) is 71.3 Å². The zero-order chi connectivity index (χ0) is 22.5. The molecule has 1 N–H and O–H groups in total. The molecule has 2 heterocycles. The minimum Gasteiger partial charge on any atom is -0.338 e. The van der Waals surface area contributed by atoms with Crippen LogP contribution in [0.2, 0.25) is 0 Å². The molecular formula is C25H29BrN4O2. The second-order valence-corrected chi connectivity index (χ2v) is 9.13. The minimum atomic E-state index is 0.0295. The van der Waals surface area contributed by atoms with Crippen molar-refractivity contribution in [1.82, 2.24) is 15.0 Å². The third-order valence-electron chi connectivity index (χ3n) is 6.13. The summed E-state index contributed by atoms with van der Waals surface area (Å²) in [4.78, 5) is 19.8. The normalized spacial score (nSPS) is 15.1. The number of rotatable bonds is 7. The van der Waals surface area contributed by atoms with E-state index < -0.39 is 0 Å². The van der Waals surface area contributed by atoms with Gasteiger partial charge in [-0.2, -0.15) is 4.98 Å². The van der Waals surface area contributed by atoms with Crippen LogP contribution in [0, 0.1) is 5.92 Å². The van der Waals surface area contributed by atoms with Crippen molar-refractivity contribution in [2.45, 2.75) is 46.1 Å². The molecule has 6 nitrogen and oxygen atoms in total. The van der Waals surface area contributed by atoms with E-state index in [0.29, 0.717) is 18.3 Å². The summed E-state index contributed by atoms with van der Waals surface area (Å²) in [6, 6.07) is 14.1. The number of nitrogens with one attached hydrogen (secondary N) is 1. The van der Waals surface area contributed by atoms with Crippen molar-refractivity contribution < 1.29 is 9.32 Å². The molecule has 3 aromatic rings. The molecule has 1 aliphatic rings. The third-order valence-corrected chi connectivity index (χ3v) is 6.66. The third kappa shape index (κ3) is 5.27. The molecule has 0 saturated carbocycles. The Hall–Kier alpha value is -2.51. The van der Waals surface area contributed by atoms with Crippen LogP contribution in [-0.2, 0) is 24.2 Å². The molecule has 0 atom stereocenters. The van der Waals surface area contributed by atoms with Gasteiger partial charge in [-0.15, -0.1) is 0 Å². The summed E-state index contributed by atoms with van der Waals surface area (Å²) in [5.74, 6) is 1.37. The van der Waals surface area contributed by atoms with Crippen LogP contribution < -0.4 is 5.32 Å². The van der Waals surface area contributed by atoms with Gasteiger partial charge in [-0.3, -0.25) is 9.69 Å². The number of halogens is 1. The number of likely N-dealkylation sites (tertiary alicyclic amines) is 1. The van der Waals surface area contributed by atoms with E-state index >= 15 is 0 Å². The summed E-state index contributed by atoms with van der Waals surface area (Å²) in [7, 11) is 0. The highest BCUT2D eigenvalue weighted by atomic mass is 79.9. The molecule has 0 spiro atoms. The van der Waals surface area contributed by atoms with E-state index in [9.17, 15) is 4.79 Å². The molecule has 0 aliphatic carbocycles. The summed E-state index contributed by atoms with van der Waals surface area (Å²) in [6.45, 7) is 6.54. The Labute approximate surface area is 197 Å². The highest BCUT2D eigenvalue weighted by molar-refractivity contribution is 9.10. The van der Waals surface area contributed by atoms with Crippen molar-refractivity contribution in [3.8, 4) is 11.4 Å². The summed E-state index contributed by atoms with van der Waals surface area (Å²) in [6.07, 6.45) is 3.48. The summed E-state index contributed by atoms with van der Waals surface area (Å²) in [5.41, 5.74) is 4.34. The maximum atomic E-state index is 13.0. The number of nitrogens with zero attached hydrogens (tertiary/aromatic N) is 3. The minimum absolute atomic E-state index is 0.0295. The van der Waals surface area contributed by atoms with E-state index in [4.69, 9.17) is 4.52 Å². The first-order valence-electron chi connectivity index (χ1n) is 11.3. The fraction of sp³-hybridized carbons (Fsp3) is 0.400. The number of aromatic nitrogens is 2. The lowest BCUT2D eigenvalue weighted by molar-refractivity contribution is -0.121. The molecule has 32 heavy (non-hydrogen) atoms.